The zero-order valence-corrected chi connectivity index (χ0v) is 21.5. The van der Waals surface area contributed by atoms with Crippen LogP contribution in [0.1, 0.15) is 52.7 Å². The Morgan fingerprint density at radius 2 is 1.00 bits per heavy atom. The van der Waals surface area contributed by atoms with Gasteiger partial charge in [0.1, 0.15) is 0 Å². The fraction of sp³-hybridized carbons (Fsp3) is 0.290. The standard InChI is InChI=1S/C31H36N2O/c1-30(2,3)24-8-12-26(13-9-24)32-19-16-23(17-20-32)28-18-21-33(22-29(28)34-7)27-14-10-25(11-15-27)31(4,5)6/h8-22H,1-7H3/q+2. The first-order valence-corrected chi connectivity index (χ1v) is 11.9. The normalized spacial score (nSPS) is 12.0. The highest BCUT2D eigenvalue weighted by atomic mass is 16.5. The molecule has 2 heterocycles. The van der Waals surface area contributed by atoms with Crippen molar-refractivity contribution in [2.24, 2.45) is 0 Å². The molecule has 4 rings (SSSR count). The molecule has 0 amide bonds. The van der Waals surface area contributed by atoms with Crippen molar-refractivity contribution >= 4 is 0 Å². The van der Waals surface area contributed by atoms with Gasteiger partial charge in [0.25, 0.3) is 0 Å². The van der Waals surface area contributed by atoms with E-state index in [9.17, 15) is 0 Å². The molecule has 0 radical (unpaired) electrons. The molecule has 0 aliphatic rings. The second kappa shape index (κ2) is 9.06. The number of ether oxygens (including phenoxy) is 1. The third-order valence-electron chi connectivity index (χ3n) is 6.35. The molecule has 0 saturated carbocycles. The molecule has 0 aliphatic heterocycles. The molecular weight excluding hydrogens is 416 g/mol. The smallest absolute Gasteiger partial charge is 0.217 e. The quantitative estimate of drug-likeness (QED) is 0.323. The summed E-state index contributed by atoms with van der Waals surface area (Å²) in [6.45, 7) is 13.4. The van der Waals surface area contributed by atoms with Gasteiger partial charge in [-0.25, -0.2) is 0 Å². The van der Waals surface area contributed by atoms with Crippen molar-refractivity contribution in [1.29, 1.82) is 0 Å². The van der Waals surface area contributed by atoms with Gasteiger partial charge in [-0.3, -0.25) is 0 Å². The van der Waals surface area contributed by atoms with E-state index in [2.05, 4.69) is 136 Å². The number of methoxy groups -OCH3 is 1. The lowest BCUT2D eigenvalue weighted by molar-refractivity contribution is -0.596. The van der Waals surface area contributed by atoms with E-state index in [1.54, 1.807) is 7.11 Å². The number of nitrogens with zero attached hydrogens (tertiary/aromatic N) is 2. The molecule has 2 aromatic carbocycles. The number of benzene rings is 2. The SMILES string of the molecule is COc1c[n+](-c2ccc(C(C)(C)C)cc2)ccc1-c1cc[n+](-c2ccc(C(C)(C)C)cc2)cc1. The van der Waals surface area contributed by atoms with Crippen molar-refractivity contribution < 1.29 is 13.9 Å². The minimum atomic E-state index is 0.142. The minimum Gasteiger partial charge on any atom is -0.490 e. The number of rotatable bonds is 4. The maximum Gasteiger partial charge on any atom is 0.217 e. The van der Waals surface area contributed by atoms with Gasteiger partial charge in [0.2, 0.25) is 17.6 Å². The summed E-state index contributed by atoms with van der Waals surface area (Å²) in [5, 5.41) is 0. The van der Waals surface area contributed by atoms with E-state index in [4.69, 9.17) is 4.74 Å². The monoisotopic (exact) mass is 452 g/mol. The molecule has 4 aromatic rings. The topological polar surface area (TPSA) is 17.0 Å². The van der Waals surface area contributed by atoms with E-state index in [0.29, 0.717) is 0 Å². The zero-order chi connectivity index (χ0) is 24.5. The zero-order valence-electron chi connectivity index (χ0n) is 21.5. The fourth-order valence-electron chi connectivity index (χ4n) is 4.08. The van der Waals surface area contributed by atoms with Crippen molar-refractivity contribution in [2.75, 3.05) is 7.11 Å². The van der Waals surface area contributed by atoms with Gasteiger partial charge in [-0.1, -0.05) is 65.8 Å². The van der Waals surface area contributed by atoms with Gasteiger partial charge in [-0.05, 0) is 27.5 Å². The minimum absolute atomic E-state index is 0.142. The Morgan fingerprint density at radius 3 is 1.44 bits per heavy atom. The maximum absolute atomic E-state index is 5.77. The number of hydrogen-bond donors (Lipinski definition) is 0. The van der Waals surface area contributed by atoms with Gasteiger partial charge in [0.15, 0.2) is 24.3 Å². The van der Waals surface area contributed by atoms with Crippen molar-refractivity contribution in [3.05, 3.63) is 103 Å². The van der Waals surface area contributed by atoms with Crippen molar-refractivity contribution in [3.63, 3.8) is 0 Å². The molecule has 0 saturated heterocycles. The average molecular weight is 453 g/mol. The van der Waals surface area contributed by atoms with Crippen LogP contribution in [0.5, 0.6) is 5.75 Å². The van der Waals surface area contributed by atoms with Crippen LogP contribution in [0.3, 0.4) is 0 Å². The third-order valence-corrected chi connectivity index (χ3v) is 6.35. The molecule has 3 heteroatoms. The highest BCUT2D eigenvalue weighted by molar-refractivity contribution is 5.68. The van der Waals surface area contributed by atoms with Crippen LogP contribution < -0.4 is 13.9 Å². The molecule has 174 valence electrons. The Hall–Kier alpha value is -3.46. The first-order chi connectivity index (χ1) is 16.1. The number of pyridine rings is 2. The van der Waals surface area contributed by atoms with Gasteiger partial charge >= 0.3 is 0 Å². The van der Waals surface area contributed by atoms with Crippen molar-refractivity contribution in [3.8, 4) is 28.3 Å². The summed E-state index contributed by atoms with van der Waals surface area (Å²) in [7, 11) is 1.73. The van der Waals surface area contributed by atoms with E-state index in [1.165, 1.54) is 11.1 Å². The van der Waals surface area contributed by atoms with Gasteiger partial charge in [-0.15, -0.1) is 0 Å². The average Bonchev–Trinajstić information content (AvgIpc) is 2.83. The second-order valence-electron chi connectivity index (χ2n) is 10.9. The molecule has 0 spiro atoms. The molecule has 3 nitrogen and oxygen atoms in total. The summed E-state index contributed by atoms with van der Waals surface area (Å²) in [4.78, 5) is 0. The third kappa shape index (κ3) is 5.04. The Morgan fingerprint density at radius 1 is 0.559 bits per heavy atom. The highest BCUT2D eigenvalue weighted by Gasteiger charge is 2.18. The number of hydrogen-bond acceptors (Lipinski definition) is 1. The predicted molar refractivity (Wildman–Crippen MR) is 139 cm³/mol. The van der Waals surface area contributed by atoms with Gasteiger partial charge in [0.05, 0.1) is 7.11 Å². The van der Waals surface area contributed by atoms with Crippen molar-refractivity contribution in [2.45, 2.75) is 52.4 Å². The summed E-state index contributed by atoms with van der Waals surface area (Å²) in [6, 6.07) is 23.9. The molecule has 0 aliphatic carbocycles. The number of aromatic nitrogens is 2. The van der Waals surface area contributed by atoms with Crippen LogP contribution >= 0.6 is 0 Å². The Labute approximate surface area is 204 Å². The predicted octanol–water partition coefficient (Wildman–Crippen LogP) is 6.51. The fourth-order valence-corrected chi connectivity index (χ4v) is 4.08. The molecule has 2 aromatic heterocycles. The highest BCUT2D eigenvalue weighted by Crippen LogP contribution is 2.29. The molecule has 0 N–H and O–H groups in total. The van der Waals surface area contributed by atoms with Crippen LogP contribution in [-0.2, 0) is 10.8 Å². The van der Waals surface area contributed by atoms with Crippen LogP contribution in [-0.4, -0.2) is 7.11 Å². The Kier molecular flexibility index (Phi) is 6.31. The lowest BCUT2D eigenvalue weighted by atomic mass is 9.87. The summed E-state index contributed by atoms with van der Waals surface area (Å²) in [5.74, 6) is 0.842. The molecule has 34 heavy (non-hydrogen) atoms. The van der Waals surface area contributed by atoms with E-state index < -0.39 is 0 Å². The summed E-state index contributed by atoms with van der Waals surface area (Å²) in [5.41, 5.74) is 7.41. The maximum atomic E-state index is 5.77. The summed E-state index contributed by atoms with van der Waals surface area (Å²) >= 11 is 0. The van der Waals surface area contributed by atoms with Crippen molar-refractivity contribution in [1.82, 2.24) is 0 Å². The van der Waals surface area contributed by atoms with E-state index in [1.807, 2.05) is 6.20 Å². The molecule has 0 atom stereocenters. The Bertz CT molecular complexity index is 1260. The summed E-state index contributed by atoms with van der Waals surface area (Å²) < 4.78 is 10.0. The Balaban J connectivity index is 1.60. The lowest BCUT2D eigenvalue weighted by Crippen LogP contribution is -2.30. The second-order valence-corrected chi connectivity index (χ2v) is 10.9. The van der Waals surface area contributed by atoms with Crippen LogP contribution in [0.4, 0.5) is 0 Å². The van der Waals surface area contributed by atoms with Gasteiger partial charge in [-0.2, -0.15) is 9.13 Å². The van der Waals surface area contributed by atoms with Crippen LogP contribution in [0.2, 0.25) is 0 Å². The first kappa shape index (κ1) is 23.7. The van der Waals surface area contributed by atoms with E-state index in [0.717, 1.165) is 28.3 Å². The lowest BCUT2D eigenvalue weighted by Gasteiger charge is -2.18. The van der Waals surface area contributed by atoms with Crippen LogP contribution in [0.15, 0.2) is 91.5 Å². The van der Waals surface area contributed by atoms with E-state index in [-0.39, 0.29) is 10.8 Å². The van der Waals surface area contributed by atoms with E-state index >= 15 is 0 Å². The van der Waals surface area contributed by atoms with Crippen LogP contribution in [0.25, 0.3) is 22.5 Å². The molecule has 0 unspecified atom stereocenters. The summed E-state index contributed by atoms with van der Waals surface area (Å²) in [6.07, 6.45) is 8.35. The molecule has 0 bridgehead atoms. The van der Waals surface area contributed by atoms with Crippen LogP contribution in [0, 0.1) is 0 Å². The molecule has 0 fully saturated rings. The van der Waals surface area contributed by atoms with Gasteiger partial charge < -0.3 is 4.74 Å². The van der Waals surface area contributed by atoms with Gasteiger partial charge in [0, 0.05) is 48.0 Å². The molecular formula is C31H36N2O+2. The largest absolute Gasteiger partial charge is 0.490 e. The first-order valence-electron chi connectivity index (χ1n) is 11.9.